The van der Waals surface area contributed by atoms with E-state index in [9.17, 15) is 13.6 Å². The van der Waals surface area contributed by atoms with Crippen molar-refractivity contribution < 1.29 is 13.6 Å². The normalized spacial score (nSPS) is 10.9. The van der Waals surface area contributed by atoms with Crippen LogP contribution in [0.25, 0.3) is 22.0 Å². The van der Waals surface area contributed by atoms with Crippen LogP contribution in [0, 0.1) is 11.6 Å². The summed E-state index contributed by atoms with van der Waals surface area (Å²) < 4.78 is 26.6. The first kappa shape index (κ1) is 17.7. The van der Waals surface area contributed by atoms with E-state index >= 15 is 0 Å². The van der Waals surface area contributed by atoms with Gasteiger partial charge in [0, 0.05) is 11.8 Å². The number of nitrogens with zero attached hydrogens (tertiary/aromatic N) is 1. The number of carbonyl (C=O) groups excluding carboxylic acids is 1. The standard InChI is InChI=1S/C21H16F2N4O/c22-14-7-4-13(17(23)11-14)10-19(28)25-15-8-5-12(6-9-15)16-2-1-3-18-20(16)21(24)27-26-18/h1-9,11H,10H2,(H,25,28)(H3,24,26,27). The van der Waals surface area contributed by atoms with Gasteiger partial charge in [0.05, 0.1) is 17.3 Å². The number of nitrogens with two attached hydrogens (primary N) is 1. The highest BCUT2D eigenvalue weighted by molar-refractivity contribution is 6.01. The Bertz CT molecular complexity index is 1170. The van der Waals surface area contributed by atoms with Gasteiger partial charge >= 0.3 is 0 Å². The van der Waals surface area contributed by atoms with Gasteiger partial charge in [-0.2, -0.15) is 5.10 Å². The second-order valence-corrected chi connectivity index (χ2v) is 6.38. The number of fused-ring (bicyclic) bond motifs is 1. The Kier molecular flexibility index (Phi) is 4.49. The Hall–Kier alpha value is -3.74. The van der Waals surface area contributed by atoms with Crippen molar-refractivity contribution in [3.8, 4) is 11.1 Å². The molecule has 4 N–H and O–H groups in total. The first-order valence-corrected chi connectivity index (χ1v) is 8.58. The molecule has 28 heavy (non-hydrogen) atoms. The van der Waals surface area contributed by atoms with Crippen LogP contribution in [0.1, 0.15) is 5.56 Å². The van der Waals surface area contributed by atoms with E-state index in [1.807, 2.05) is 30.3 Å². The Morgan fingerprint density at radius 2 is 1.86 bits per heavy atom. The van der Waals surface area contributed by atoms with Gasteiger partial charge in [0.2, 0.25) is 5.91 Å². The number of nitrogen functional groups attached to an aromatic ring is 1. The first-order valence-electron chi connectivity index (χ1n) is 8.58. The zero-order valence-corrected chi connectivity index (χ0v) is 14.7. The number of amides is 1. The van der Waals surface area contributed by atoms with E-state index in [1.54, 1.807) is 12.1 Å². The minimum atomic E-state index is -0.740. The third kappa shape index (κ3) is 3.42. The van der Waals surface area contributed by atoms with Crippen molar-refractivity contribution in [3.63, 3.8) is 0 Å². The van der Waals surface area contributed by atoms with E-state index < -0.39 is 11.6 Å². The van der Waals surface area contributed by atoms with E-state index in [0.717, 1.165) is 34.2 Å². The number of H-pyrrole nitrogens is 1. The Balaban J connectivity index is 1.51. The molecule has 0 spiro atoms. The van der Waals surface area contributed by atoms with Crippen LogP contribution in [-0.4, -0.2) is 16.1 Å². The summed E-state index contributed by atoms with van der Waals surface area (Å²) in [5.74, 6) is -1.38. The number of anilines is 2. The summed E-state index contributed by atoms with van der Waals surface area (Å²) in [5.41, 5.74) is 9.35. The SMILES string of the molecule is Nc1n[nH]c2cccc(-c3ccc(NC(=O)Cc4ccc(F)cc4F)cc3)c12. The predicted octanol–water partition coefficient (Wildman–Crippen LogP) is 4.27. The lowest BCUT2D eigenvalue weighted by atomic mass is 10.0. The molecule has 5 nitrogen and oxygen atoms in total. The van der Waals surface area contributed by atoms with Gasteiger partial charge in [-0.05, 0) is 41.0 Å². The average Bonchev–Trinajstić information content (AvgIpc) is 3.06. The Morgan fingerprint density at radius 1 is 1.07 bits per heavy atom. The number of rotatable bonds is 4. The molecule has 1 aromatic heterocycles. The molecular formula is C21H16F2N4O. The number of hydrogen-bond donors (Lipinski definition) is 3. The zero-order chi connectivity index (χ0) is 19.7. The molecule has 1 amide bonds. The maximum atomic E-state index is 13.7. The minimum Gasteiger partial charge on any atom is -0.382 e. The summed E-state index contributed by atoms with van der Waals surface area (Å²) in [6, 6.07) is 16.1. The third-order valence-electron chi connectivity index (χ3n) is 4.46. The Labute approximate surface area is 159 Å². The van der Waals surface area contributed by atoms with Gasteiger partial charge in [-0.3, -0.25) is 9.89 Å². The molecule has 4 aromatic rings. The van der Waals surface area contributed by atoms with Gasteiger partial charge in [0.1, 0.15) is 11.6 Å². The molecule has 0 unspecified atom stereocenters. The smallest absolute Gasteiger partial charge is 0.228 e. The minimum absolute atomic E-state index is 0.137. The molecule has 1 heterocycles. The second kappa shape index (κ2) is 7.11. The number of aromatic nitrogens is 2. The second-order valence-electron chi connectivity index (χ2n) is 6.38. The topological polar surface area (TPSA) is 83.8 Å². The van der Waals surface area contributed by atoms with Gasteiger partial charge < -0.3 is 11.1 Å². The first-order chi connectivity index (χ1) is 13.5. The summed E-state index contributed by atoms with van der Waals surface area (Å²) >= 11 is 0. The zero-order valence-electron chi connectivity index (χ0n) is 14.7. The van der Waals surface area contributed by atoms with Crippen LogP contribution in [-0.2, 0) is 11.2 Å². The lowest BCUT2D eigenvalue weighted by Gasteiger charge is -2.08. The van der Waals surface area contributed by atoms with E-state index in [2.05, 4.69) is 15.5 Å². The highest BCUT2D eigenvalue weighted by Crippen LogP contribution is 2.31. The molecular weight excluding hydrogens is 362 g/mol. The number of carbonyl (C=O) groups is 1. The van der Waals surface area contributed by atoms with E-state index in [-0.39, 0.29) is 17.9 Å². The van der Waals surface area contributed by atoms with Crippen LogP contribution in [0.4, 0.5) is 20.3 Å². The van der Waals surface area contributed by atoms with Gasteiger partial charge in [-0.15, -0.1) is 0 Å². The largest absolute Gasteiger partial charge is 0.382 e. The van der Waals surface area contributed by atoms with E-state index in [1.165, 1.54) is 6.07 Å². The van der Waals surface area contributed by atoms with Gasteiger partial charge in [-0.25, -0.2) is 8.78 Å². The molecule has 0 fully saturated rings. The summed E-state index contributed by atoms with van der Waals surface area (Å²) in [6.07, 6.45) is -0.182. The molecule has 3 aromatic carbocycles. The van der Waals surface area contributed by atoms with Gasteiger partial charge in [0.15, 0.2) is 5.82 Å². The molecule has 0 atom stereocenters. The van der Waals surface area contributed by atoms with Crippen molar-refractivity contribution in [3.05, 3.63) is 77.9 Å². The third-order valence-corrected chi connectivity index (χ3v) is 4.46. The quantitative estimate of drug-likeness (QED) is 0.496. The van der Waals surface area contributed by atoms with Crippen LogP contribution in [0.5, 0.6) is 0 Å². The van der Waals surface area contributed by atoms with Crippen LogP contribution in [0.2, 0.25) is 0 Å². The molecule has 0 saturated carbocycles. The van der Waals surface area contributed by atoms with Crippen molar-refractivity contribution in [1.29, 1.82) is 0 Å². The molecule has 0 aliphatic heterocycles. The van der Waals surface area contributed by atoms with Crippen LogP contribution >= 0.6 is 0 Å². The molecule has 4 rings (SSSR count). The van der Waals surface area contributed by atoms with Crippen molar-refractivity contribution in [2.45, 2.75) is 6.42 Å². The fraction of sp³-hybridized carbons (Fsp3) is 0.0476. The molecule has 0 aliphatic rings. The average molecular weight is 378 g/mol. The van der Waals surface area contributed by atoms with Crippen molar-refractivity contribution in [2.75, 3.05) is 11.1 Å². The maximum Gasteiger partial charge on any atom is 0.228 e. The van der Waals surface area contributed by atoms with Crippen molar-refractivity contribution in [1.82, 2.24) is 10.2 Å². The molecule has 7 heteroatoms. The number of nitrogens with one attached hydrogen (secondary N) is 2. The number of benzene rings is 3. The van der Waals surface area contributed by atoms with Crippen LogP contribution < -0.4 is 11.1 Å². The van der Waals surface area contributed by atoms with Crippen molar-refractivity contribution in [2.24, 2.45) is 0 Å². The molecule has 0 saturated heterocycles. The van der Waals surface area contributed by atoms with Crippen LogP contribution in [0.15, 0.2) is 60.7 Å². The molecule has 140 valence electrons. The van der Waals surface area contributed by atoms with E-state index in [4.69, 9.17) is 5.73 Å². The summed E-state index contributed by atoms with van der Waals surface area (Å²) in [7, 11) is 0. The number of aromatic amines is 1. The van der Waals surface area contributed by atoms with Gasteiger partial charge in [-0.1, -0.05) is 30.3 Å². The Morgan fingerprint density at radius 3 is 2.61 bits per heavy atom. The fourth-order valence-electron chi connectivity index (χ4n) is 3.11. The summed E-state index contributed by atoms with van der Waals surface area (Å²) in [4.78, 5) is 12.2. The molecule has 0 aliphatic carbocycles. The van der Waals surface area contributed by atoms with Gasteiger partial charge in [0.25, 0.3) is 0 Å². The van der Waals surface area contributed by atoms with E-state index in [0.29, 0.717) is 11.5 Å². The highest BCUT2D eigenvalue weighted by Gasteiger charge is 2.11. The monoisotopic (exact) mass is 378 g/mol. The predicted molar refractivity (Wildman–Crippen MR) is 105 cm³/mol. The lowest BCUT2D eigenvalue weighted by Crippen LogP contribution is -2.15. The van der Waals surface area contributed by atoms with Crippen LogP contribution in [0.3, 0.4) is 0 Å². The number of halogens is 2. The summed E-state index contributed by atoms with van der Waals surface area (Å²) in [5, 5.41) is 10.5. The fourth-order valence-corrected chi connectivity index (χ4v) is 3.11. The van der Waals surface area contributed by atoms with Crippen molar-refractivity contribution >= 4 is 28.3 Å². The maximum absolute atomic E-state index is 13.7. The summed E-state index contributed by atoms with van der Waals surface area (Å²) in [6.45, 7) is 0. The molecule has 0 radical (unpaired) electrons. The lowest BCUT2D eigenvalue weighted by molar-refractivity contribution is -0.115. The number of hydrogen-bond acceptors (Lipinski definition) is 3. The molecule has 0 bridgehead atoms. The highest BCUT2D eigenvalue weighted by atomic mass is 19.1.